The Labute approximate surface area is 222 Å². The lowest BCUT2D eigenvalue weighted by Crippen LogP contribution is -2.50. The molecule has 1 N–H and O–H groups in total. The maximum absolute atomic E-state index is 13.0. The van der Waals surface area contributed by atoms with E-state index in [1.54, 1.807) is 15.5 Å². The van der Waals surface area contributed by atoms with Crippen LogP contribution in [0.2, 0.25) is 0 Å². The number of aromatic nitrogens is 2. The maximum Gasteiger partial charge on any atom is 0.410 e. The van der Waals surface area contributed by atoms with E-state index in [0.717, 1.165) is 55.5 Å². The molecule has 2 aromatic heterocycles. The number of nitrogens with zero attached hydrogens (tertiary/aromatic N) is 5. The number of benzene rings is 1. The molecule has 3 aromatic rings. The highest BCUT2D eigenvalue weighted by Gasteiger charge is 2.26. The normalized spacial score (nSPS) is 16.5. The number of amides is 1. The van der Waals surface area contributed by atoms with Gasteiger partial charge in [0.1, 0.15) is 28.7 Å². The van der Waals surface area contributed by atoms with E-state index in [0.29, 0.717) is 24.6 Å². The second-order valence-corrected chi connectivity index (χ2v) is 11.0. The van der Waals surface area contributed by atoms with Crippen LogP contribution in [-0.2, 0) is 4.74 Å². The molecule has 1 aliphatic heterocycles. The number of carbonyl (C=O) groups is 1. The third-order valence-electron chi connectivity index (χ3n) is 7.13. The van der Waals surface area contributed by atoms with Crippen LogP contribution in [0.5, 0.6) is 0 Å². The highest BCUT2D eigenvalue weighted by molar-refractivity contribution is 5.79. The lowest BCUT2D eigenvalue weighted by molar-refractivity contribution is 0.0240. The zero-order valence-electron chi connectivity index (χ0n) is 22.2. The topological polar surface area (TPSA) is 103 Å². The molecular weight excluding hydrogens is 480 g/mol. The first kappa shape index (κ1) is 25.6. The van der Waals surface area contributed by atoms with Gasteiger partial charge < -0.3 is 19.9 Å². The Kier molecular flexibility index (Phi) is 6.98. The Hall–Kier alpha value is -4.06. The predicted octanol–water partition coefficient (Wildman–Crippen LogP) is 5.18. The molecule has 1 aliphatic carbocycles. The minimum Gasteiger partial charge on any atom is -0.444 e. The third kappa shape index (κ3) is 5.44. The van der Waals surface area contributed by atoms with Gasteiger partial charge >= 0.3 is 6.09 Å². The van der Waals surface area contributed by atoms with Gasteiger partial charge in [0.2, 0.25) is 0 Å². The van der Waals surface area contributed by atoms with Gasteiger partial charge in [0.05, 0.1) is 0 Å². The highest BCUT2D eigenvalue weighted by Crippen LogP contribution is 2.31. The number of anilines is 3. The van der Waals surface area contributed by atoms with Crippen molar-refractivity contribution in [3.8, 4) is 6.07 Å². The van der Waals surface area contributed by atoms with E-state index < -0.39 is 5.60 Å². The van der Waals surface area contributed by atoms with E-state index in [1.807, 2.05) is 51.1 Å². The zero-order chi connectivity index (χ0) is 26.9. The second-order valence-electron chi connectivity index (χ2n) is 11.0. The molecule has 0 spiro atoms. The smallest absolute Gasteiger partial charge is 0.410 e. The van der Waals surface area contributed by atoms with Crippen molar-refractivity contribution < 1.29 is 9.53 Å². The van der Waals surface area contributed by atoms with Gasteiger partial charge in [0.25, 0.3) is 5.56 Å². The molecule has 38 heavy (non-hydrogen) atoms. The maximum atomic E-state index is 13.0. The first-order valence-electron chi connectivity index (χ1n) is 13.3. The van der Waals surface area contributed by atoms with Crippen molar-refractivity contribution >= 4 is 34.3 Å². The molecule has 2 fully saturated rings. The Morgan fingerprint density at radius 1 is 1.05 bits per heavy atom. The van der Waals surface area contributed by atoms with Crippen LogP contribution in [0.1, 0.15) is 58.1 Å². The number of hydrogen-bond acceptors (Lipinski definition) is 7. The van der Waals surface area contributed by atoms with Gasteiger partial charge in [-0.15, -0.1) is 0 Å². The van der Waals surface area contributed by atoms with Crippen molar-refractivity contribution in [2.45, 2.75) is 58.1 Å². The SMILES string of the molecule is CC(C)(C)OC(=O)N1CCN(c2ccc(Nc3ccc4cc(C#N)c(=O)n(C5CCCC5)c4n3)cc2)CC1. The fourth-order valence-corrected chi connectivity index (χ4v) is 5.24. The van der Waals surface area contributed by atoms with Crippen molar-refractivity contribution in [3.05, 3.63) is 58.4 Å². The van der Waals surface area contributed by atoms with Crippen LogP contribution in [0.25, 0.3) is 11.0 Å². The molecule has 198 valence electrons. The van der Waals surface area contributed by atoms with Gasteiger partial charge in [0, 0.05) is 49.0 Å². The molecule has 5 rings (SSSR count). The van der Waals surface area contributed by atoms with Crippen molar-refractivity contribution in [2.75, 3.05) is 36.4 Å². The first-order valence-corrected chi connectivity index (χ1v) is 13.3. The monoisotopic (exact) mass is 514 g/mol. The van der Waals surface area contributed by atoms with E-state index in [2.05, 4.69) is 22.3 Å². The van der Waals surface area contributed by atoms with Crippen molar-refractivity contribution in [2.24, 2.45) is 0 Å². The average molecular weight is 515 g/mol. The predicted molar refractivity (Wildman–Crippen MR) is 148 cm³/mol. The molecule has 1 saturated carbocycles. The van der Waals surface area contributed by atoms with Gasteiger partial charge in [-0.05, 0) is 76.1 Å². The molecule has 2 aliphatic rings. The van der Waals surface area contributed by atoms with Crippen molar-refractivity contribution in [1.82, 2.24) is 14.5 Å². The van der Waals surface area contributed by atoms with Crippen LogP contribution in [0, 0.1) is 11.3 Å². The van der Waals surface area contributed by atoms with Gasteiger partial charge in [-0.3, -0.25) is 9.36 Å². The van der Waals surface area contributed by atoms with Crippen molar-refractivity contribution in [1.29, 1.82) is 5.26 Å². The number of piperazine rings is 1. The molecule has 0 unspecified atom stereocenters. The molecule has 0 bridgehead atoms. The molecule has 3 heterocycles. The third-order valence-corrected chi connectivity index (χ3v) is 7.13. The van der Waals surface area contributed by atoms with Gasteiger partial charge in [-0.25, -0.2) is 9.78 Å². The quantitative estimate of drug-likeness (QED) is 0.511. The Morgan fingerprint density at radius 2 is 1.74 bits per heavy atom. The summed E-state index contributed by atoms with van der Waals surface area (Å²) in [6.07, 6.45) is 3.75. The largest absolute Gasteiger partial charge is 0.444 e. The summed E-state index contributed by atoms with van der Waals surface area (Å²) in [6, 6.07) is 15.7. The van der Waals surface area contributed by atoms with Crippen molar-refractivity contribution in [3.63, 3.8) is 0 Å². The number of nitrogens with one attached hydrogen (secondary N) is 1. The molecular formula is C29H34N6O3. The highest BCUT2D eigenvalue weighted by atomic mass is 16.6. The molecule has 9 heteroatoms. The lowest BCUT2D eigenvalue weighted by Gasteiger charge is -2.36. The number of carbonyl (C=O) groups excluding carboxylic acids is 1. The summed E-state index contributed by atoms with van der Waals surface area (Å²) in [5.41, 5.74) is 2.00. The summed E-state index contributed by atoms with van der Waals surface area (Å²) < 4.78 is 7.22. The number of pyridine rings is 2. The van der Waals surface area contributed by atoms with E-state index in [9.17, 15) is 14.9 Å². The van der Waals surface area contributed by atoms with E-state index in [-0.39, 0.29) is 23.3 Å². The standard InChI is InChI=1S/C29H34N6O3/c1-29(2,3)38-28(37)34-16-14-33(15-17-34)23-11-9-22(10-12-23)31-25-13-8-20-18-21(19-30)27(36)35(26(20)32-25)24-6-4-5-7-24/h8-13,18,24H,4-7,14-17H2,1-3H3,(H,31,32). The number of ether oxygens (including phenoxy) is 1. The van der Waals surface area contributed by atoms with E-state index in [4.69, 9.17) is 9.72 Å². The number of rotatable bonds is 4. The second kappa shape index (κ2) is 10.4. The summed E-state index contributed by atoms with van der Waals surface area (Å²) in [6.45, 7) is 8.34. The summed E-state index contributed by atoms with van der Waals surface area (Å²) in [5.74, 6) is 0.645. The van der Waals surface area contributed by atoms with Gasteiger partial charge in [-0.1, -0.05) is 12.8 Å². The van der Waals surface area contributed by atoms with Gasteiger partial charge in [0.15, 0.2) is 0 Å². The molecule has 9 nitrogen and oxygen atoms in total. The van der Waals surface area contributed by atoms with E-state index in [1.165, 1.54) is 0 Å². The van der Waals surface area contributed by atoms with Gasteiger partial charge in [-0.2, -0.15) is 5.26 Å². The number of fused-ring (bicyclic) bond motifs is 1. The minimum atomic E-state index is -0.495. The minimum absolute atomic E-state index is 0.0797. The molecule has 1 aromatic carbocycles. The zero-order valence-corrected chi connectivity index (χ0v) is 22.2. The van der Waals surface area contributed by atoms with E-state index >= 15 is 0 Å². The van der Waals surface area contributed by atoms with Crippen LogP contribution < -0.4 is 15.8 Å². The fraction of sp³-hybridized carbons (Fsp3) is 0.448. The van der Waals surface area contributed by atoms with Crippen LogP contribution in [-0.4, -0.2) is 52.3 Å². The Balaban J connectivity index is 1.29. The Morgan fingerprint density at radius 3 is 2.37 bits per heavy atom. The molecule has 0 atom stereocenters. The van der Waals surface area contributed by atoms with Crippen LogP contribution in [0.3, 0.4) is 0 Å². The summed E-state index contributed by atoms with van der Waals surface area (Å²) >= 11 is 0. The van der Waals surface area contributed by atoms with Crippen LogP contribution in [0.4, 0.5) is 22.0 Å². The van der Waals surface area contributed by atoms with Crippen LogP contribution >= 0.6 is 0 Å². The average Bonchev–Trinajstić information content (AvgIpc) is 3.42. The van der Waals surface area contributed by atoms with Crippen LogP contribution in [0.15, 0.2) is 47.3 Å². The summed E-state index contributed by atoms with van der Waals surface area (Å²) in [7, 11) is 0. The Bertz CT molecular complexity index is 1420. The summed E-state index contributed by atoms with van der Waals surface area (Å²) in [4.78, 5) is 34.2. The molecule has 1 amide bonds. The summed E-state index contributed by atoms with van der Waals surface area (Å²) in [5, 5.41) is 13.6. The molecule has 1 saturated heterocycles. The first-order chi connectivity index (χ1) is 18.2. The fourth-order valence-electron chi connectivity index (χ4n) is 5.24. The number of hydrogen-bond donors (Lipinski definition) is 1. The lowest BCUT2D eigenvalue weighted by atomic mass is 10.1. The number of nitriles is 1. The molecule has 0 radical (unpaired) electrons.